The van der Waals surface area contributed by atoms with Gasteiger partial charge < -0.3 is 19.4 Å². The van der Waals surface area contributed by atoms with Gasteiger partial charge >= 0.3 is 5.97 Å². The maximum Gasteiger partial charge on any atom is 0.338 e. The molecule has 3 aromatic carbocycles. The number of furan rings is 1. The maximum absolute atomic E-state index is 13.6. The van der Waals surface area contributed by atoms with Crippen LogP contribution in [0.4, 0.5) is 5.69 Å². The van der Waals surface area contributed by atoms with E-state index < -0.39 is 29.5 Å². The zero-order valence-corrected chi connectivity index (χ0v) is 20.0. The molecule has 1 atom stereocenters. The number of esters is 1. The van der Waals surface area contributed by atoms with Crippen LogP contribution in [0.25, 0.3) is 11.0 Å². The van der Waals surface area contributed by atoms with E-state index >= 15 is 0 Å². The minimum atomic E-state index is -1.01. The van der Waals surface area contributed by atoms with Crippen molar-refractivity contribution in [2.45, 2.75) is 26.0 Å². The summed E-state index contributed by atoms with van der Waals surface area (Å²) in [4.78, 5) is 40.5. The molecule has 1 amide bonds. The number of benzene rings is 3. The Hall–Kier alpha value is -4.85. The average molecular weight is 498 g/mol. The summed E-state index contributed by atoms with van der Waals surface area (Å²) in [7, 11) is 0. The van der Waals surface area contributed by atoms with Gasteiger partial charge in [0.25, 0.3) is 5.91 Å². The lowest BCUT2D eigenvalue weighted by molar-refractivity contribution is -0.117. The van der Waals surface area contributed by atoms with E-state index in [-0.39, 0.29) is 23.2 Å². The second-order valence-electron chi connectivity index (χ2n) is 8.91. The number of amides is 1. The lowest BCUT2D eigenvalue weighted by Crippen LogP contribution is -2.31. The van der Waals surface area contributed by atoms with Crippen LogP contribution in [0.5, 0.6) is 5.75 Å². The van der Waals surface area contributed by atoms with Gasteiger partial charge in [-0.05, 0) is 67.9 Å². The van der Waals surface area contributed by atoms with Crippen LogP contribution in [0.3, 0.4) is 0 Å². The summed E-state index contributed by atoms with van der Waals surface area (Å²) in [5.41, 5.74) is 1.47. The molecule has 2 N–H and O–H groups in total. The molecule has 1 unspecified atom stereocenters. The maximum atomic E-state index is 13.6. The highest BCUT2D eigenvalue weighted by Crippen LogP contribution is 2.42. The summed E-state index contributed by atoms with van der Waals surface area (Å²) in [6.45, 7) is 3.48. The molecule has 1 aliphatic rings. The molecule has 0 bridgehead atoms. The first-order valence-corrected chi connectivity index (χ1v) is 11.6. The standard InChI is InChI=1S/C29H23NO7/c1-16(2)36-29(35)18-7-11-20(12-8-18)30-25(17-9-13-21(31)14-10-17)24(27(33)28(30)34)26(32)23-15-19-5-3-4-6-22(19)37-23/h3-16,25,31,33H,1-2H3. The molecule has 37 heavy (non-hydrogen) atoms. The molecular formula is C29H23NO7. The summed E-state index contributed by atoms with van der Waals surface area (Å²) in [5, 5.41) is 21.4. The number of fused-ring (bicyclic) bond motifs is 1. The van der Waals surface area contributed by atoms with E-state index in [1.807, 2.05) is 6.07 Å². The van der Waals surface area contributed by atoms with Crippen LogP contribution in [0.1, 0.15) is 46.4 Å². The van der Waals surface area contributed by atoms with E-state index in [1.165, 1.54) is 29.2 Å². The third-order valence-electron chi connectivity index (χ3n) is 6.03. The zero-order valence-electron chi connectivity index (χ0n) is 20.0. The molecule has 0 spiro atoms. The molecule has 1 aromatic heterocycles. The van der Waals surface area contributed by atoms with E-state index in [1.54, 1.807) is 62.4 Å². The Morgan fingerprint density at radius 3 is 2.27 bits per heavy atom. The van der Waals surface area contributed by atoms with Crippen molar-refractivity contribution in [1.82, 2.24) is 0 Å². The molecular weight excluding hydrogens is 474 g/mol. The van der Waals surface area contributed by atoms with Gasteiger partial charge in [-0.25, -0.2) is 4.79 Å². The fourth-order valence-corrected chi connectivity index (χ4v) is 4.34. The summed E-state index contributed by atoms with van der Waals surface area (Å²) in [5.74, 6) is -2.65. The third-order valence-corrected chi connectivity index (χ3v) is 6.03. The lowest BCUT2D eigenvalue weighted by Gasteiger charge is -2.27. The zero-order chi connectivity index (χ0) is 26.3. The summed E-state index contributed by atoms with van der Waals surface area (Å²) >= 11 is 0. The van der Waals surface area contributed by atoms with E-state index in [4.69, 9.17) is 9.15 Å². The number of para-hydroxylation sites is 1. The van der Waals surface area contributed by atoms with Crippen LogP contribution in [-0.4, -0.2) is 34.0 Å². The normalized spacial score (nSPS) is 15.6. The molecule has 0 radical (unpaired) electrons. The van der Waals surface area contributed by atoms with Gasteiger partial charge in [0, 0.05) is 11.1 Å². The largest absolute Gasteiger partial charge is 0.508 e. The number of phenols is 1. The monoisotopic (exact) mass is 497 g/mol. The van der Waals surface area contributed by atoms with Crippen molar-refractivity contribution >= 4 is 34.3 Å². The smallest absolute Gasteiger partial charge is 0.338 e. The quantitative estimate of drug-likeness (QED) is 0.267. The van der Waals surface area contributed by atoms with Gasteiger partial charge in [-0.2, -0.15) is 0 Å². The summed E-state index contributed by atoms with van der Waals surface area (Å²) in [6.07, 6.45) is -0.292. The predicted molar refractivity (Wildman–Crippen MR) is 136 cm³/mol. The second kappa shape index (κ2) is 9.31. The molecule has 0 fully saturated rings. The minimum absolute atomic E-state index is 0.00556. The van der Waals surface area contributed by atoms with Crippen molar-refractivity contribution < 1.29 is 33.8 Å². The number of anilines is 1. The molecule has 8 heteroatoms. The Balaban J connectivity index is 1.58. The number of aromatic hydroxyl groups is 1. The molecule has 1 aliphatic heterocycles. The number of carbonyl (C=O) groups excluding carboxylic acids is 3. The Morgan fingerprint density at radius 2 is 1.62 bits per heavy atom. The lowest BCUT2D eigenvalue weighted by atomic mass is 9.94. The van der Waals surface area contributed by atoms with E-state index in [2.05, 4.69) is 0 Å². The Morgan fingerprint density at radius 1 is 0.946 bits per heavy atom. The number of ether oxygens (including phenoxy) is 1. The van der Waals surface area contributed by atoms with Crippen LogP contribution in [-0.2, 0) is 9.53 Å². The highest BCUT2D eigenvalue weighted by atomic mass is 16.5. The number of aliphatic hydroxyl groups excluding tert-OH is 1. The van der Waals surface area contributed by atoms with Gasteiger partial charge in [0.1, 0.15) is 11.3 Å². The number of rotatable bonds is 6. The summed E-state index contributed by atoms with van der Waals surface area (Å²) < 4.78 is 10.9. The molecule has 5 rings (SSSR count). The fourth-order valence-electron chi connectivity index (χ4n) is 4.34. The van der Waals surface area contributed by atoms with Gasteiger partial charge in [0.05, 0.1) is 23.3 Å². The number of hydrogen-bond donors (Lipinski definition) is 2. The minimum Gasteiger partial charge on any atom is -0.508 e. The number of carbonyl (C=O) groups is 3. The molecule has 2 heterocycles. The SMILES string of the molecule is CC(C)OC(=O)c1ccc(N2C(=O)C(O)=C(C(=O)c3cc4ccccc4o3)C2c2ccc(O)cc2)cc1. The number of Topliss-reactive ketones (excluding diaryl/α,β-unsaturated/α-hetero) is 1. The highest BCUT2D eigenvalue weighted by molar-refractivity contribution is 6.20. The molecule has 0 aliphatic carbocycles. The molecule has 0 saturated heterocycles. The van der Waals surface area contributed by atoms with Crippen LogP contribution < -0.4 is 4.90 Å². The Kier molecular flexibility index (Phi) is 6.01. The average Bonchev–Trinajstić information content (AvgIpc) is 3.43. The molecule has 186 valence electrons. The van der Waals surface area contributed by atoms with Gasteiger partial charge in [-0.3, -0.25) is 14.5 Å². The molecule has 8 nitrogen and oxygen atoms in total. The number of aliphatic hydroxyl groups is 1. The van der Waals surface area contributed by atoms with E-state index in [0.717, 1.165) is 0 Å². The van der Waals surface area contributed by atoms with Gasteiger partial charge in [-0.1, -0.05) is 30.3 Å². The van der Waals surface area contributed by atoms with Crippen molar-refractivity contribution in [3.05, 3.63) is 107 Å². The fraction of sp³-hybridized carbons (Fsp3) is 0.138. The first-order valence-electron chi connectivity index (χ1n) is 11.6. The van der Waals surface area contributed by atoms with E-state index in [0.29, 0.717) is 27.8 Å². The summed E-state index contributed by atoms with van der Waals surface area (Å²) in [6, 6.07) is 19.8. The van der Waals surface area contributed by atoms with E-state index in [9.17, 15) is 24.6 Å². The van der Waals surface area contributed by atoms with Crippen LogP contribution >= 0.6 is 0 Å². The Labute approximate surface area is 212 Å². The van der Waals surface area contributed by atoms with Crippen LogP contribution in [0.2, 0.25) is 0 Å². The van der Waals surface area contributed by atoms with Crippen LogP contribution in [0.15, 0.2) is 94.6 Å². The van der Waals surface area contributed by atoms with Crippen molar-refractivity contribution in [2.24, 2.45) is 0 Å². The second-order valence-corrected chi connectivity index (χ2v) is 8.91. The number of nitrogens with zero attached hydrogens (tertiary/aromatic N) is 1. The number of phenolic OH excluding ortho intramolecular Hbond substituents is 1. The van der Waals surface area contributed by atoms with Gasteiger partial charge in [-0.15, -0.1) is 0 Å². The molecule has 4 aromatic rings. The Bertz CT molecular complexity index is 1510. The van der Waals surface area contributed by atoms with Crippen molar-refractivity contribution in [1.29, 1.82) is 0 Å². The third kappa shape index (κ3) is 4.33. The first-order chi connectivity index (χ1) is 17.7. The highest BCUT2D eigenvalue weighted by Gasteiger charge is 2.45. The first kappa shape index (κ1) is 23.9. The van der Waals surface area contributed by atoms with Crippen molar-refractivity contribution in [3.63, 3.8) is 0 Å². The van der Waals surface area contributed by atoms with Crippen LogP contribution in [0, 0.1) is 0 Å². The number of ketones is 1. The van der Waals surface area contributed by atoms with Gasteiger partial charge in [0.2, 0.25) is 5.78 Å². The van der Waals surface area contributed by atoms with Crippen molar-refractivity contribution in [3.8, 4) is 5.75 Å². The predicted octanol–water partition coefficient (Wildman–Crippen LogP) is 5.49. The molecule has 0 saturated carbocycles. The number of hydrogen-bond acceptors (Lipinski definition) is 7. The van der Waals surface area contributed by atoms with Crippen molar-refractivity contribution in [2.75, 3.05) is 4.90 Å². The topological polar surface area (TPSA) is 117 Å². The van der Waals surface area contributed by atoms with Gasteiger partial charge in [0.15, 0.2) is 11.5 Å².